The molecule has 2 rings (SSSR count). The maximum Gasteiger partial charge on any atom is 0.270 e. The summed E-state index contributed by atoms with van der Waals surface area (Å²) in [5, 5.41) is 10.8. The molecule has 1 aromatic rings. The number of aryl methyl sites for hydroxylation is 1. The monoisotopic (exact) mass is 326 g/mol. The van der Waals surface area contributed by atoms with Crippen LogP contribution in [0.2, 0.25) is 0 Å². The lowest BCUT2D eigenvalue weighted by Gasteiger charge is -2.29. The van der Waals surface area contributed by atoms with Gasteiger partial charge in [0.15, 0.2) is 0 Å². The Hall–Kier alpha value is -1.43. The topological polar surface area (TPSA) is 63.5 Å². The lowest BCUT2D eigenvalue weighted by Crippen LogP contribution is -2.39. The number of nitro groups is 1. The van der Waals surface area contributed by atoms with E-state index in [4.69, 9.17) is 0 Å². The molecule has 0 bridgehead atoms. The SMILES string of the molecule is Cc1ccc([N+](=O)[O-])cc1C(=O)N1CCC(Br)CC1. The summed E-state index contributed by atoms with van der Waals surface area (Å²) in [6.45, 7) is 3.18. The van der Waals surface area contributed by atoms with Gasteiger partial charge in [-0.15, -0.1) is 0 Å². The number of amides is 1. The number of carbonyl (C=O) groups is 1. The summed E-state index contributed by atoms with van der Waals surface area (Å²) >= 11 is 3.54. The van der Waals surface area contributed by atoms with Crippen LogP contribution in [0, 0.1) is 17.0 Å². The van der Waals surface area contributed by atoms with E-state index in [1.165, 1.54) is 12.1 Å². The third-order valence-corrected chi connectivity index (χ3v) is 4.29. The predicted molar refractivity (Wildman–Crippen MR) is 75.7 cm³/mol. The van der Waals surface area contributed by atoms with Gasteiger partial charge in [0, 0.05) is 35.6 Å². The number of hydrogen-bond acceptors (Lipinski definition) is 3. The minimum absolute atomic E-state index is 0.0377. The quantitative estimate of drug-likeness (QED) is 0.477. The van der Waals surface area contributed by atoms with Crippen LogP contribution in [-0.2, 0) is 0 Å². The molecule has 0 radical (unpaired) electrons. The molecule has 5 nitrogen and oxygen atoms in total. The molecule has 1 heterocycles. The van der Waals surface area contributed by atoms with Crippen molar-refractivity contribution < 1.29 is 9.72 Å². The number of nitro benzene ring substituents is 1. The summed E-state index contributed by atoms with van der Waals surface area (Å²) in [5.74, 6) is -0.111. The van der Waals surface area contributed by atoms with Crippen molar-refractivity contribution >= 4 is 27.5 Å². The Kier molecular flexibility index (Phi) is 4.19. The maximum atomic E-state index is 12.4. The smallest absolute Gasteiger partial charge is 0.270 e. The van der Waals surface area contributed by atoms with Gasteiger partial charge in [-0.25, -0.2) is 0 Å². The zero-order valence-corrected chi connectivity index (χ0v) is 12.2. The number of alkyl halides is 1. The molecule has 1 aliphatic heterocycles. The van der Waals surface area contributed by atoms with E-state index in [0.29, 0.717) is 23.5 Å². The number of likely N-dealkylation sites (tertiary alicyclic amines) is 1. The highest BCUT2D eigenvalue weighted by atomic mass is 79.9. The molecular formula is C13H15BrN2O3. The number of rotatable bonds is 2. The van der Waals surface area contributed by atoms with E-state index in [-0.39, 0.29) is 11.6 Å². The largest absolute Gasteiger partial charge is 0.339 e. The van der Waals surface area contributed by atoms with Crippen LogP contribution < -0.4 is 0 Å². The molecule has 0 spiro atoms. The van der Waals surface area contributed by atoms with E-state index in [1.807, 2.05) is 0 Å². The minimum atomic E-state index is -0.471. The van der Waals surface area contributed by atoms with Gasteiger partial charge in [0.2, 0.25) is 0 Å². The minimum Gasteiger partial charge on any atom is -0.339 e. The fourth-order valence-electron chi connectivity index (χ4n) is 2.18. The van der Waals surface area contributed by atoms with Crippen LogP contribution in [-0.4, -0.2) is 33.6 Å². The van der Waals surface area contributed by atoms with Gasteiger partial charge in [0.1, 0.15) is 0 Å². The standard InChI is InChI=1S/C13H15BrN2O3/c1-9-2-3-11(16(18)19)8-12(9)13(17)15-6-4-10(14)5-7-15/h2-3,8,10H,4-7H2,1H3. The number of halogens is 1. The summed E-state index contributed by atoms with van der Waals surface area (Å²) < 4.78 is 0. The molecule has 1 aliphatic rings. The number of hydrogen-bond donors (Lipinski definition) is 0. The molecule has 0 N–H and O–H groups in total. The number of carbonyl (C=O) groups excluding carboxylic acids is 1. The van der Waals surface area contributed by atoms with E-state index < -0.39 is 4.92 Å². The Bertz CT molecular complexity index is 511. The fraction of sp³-hybridized carbons (Fsp3) is 0.462. The van der Waals surface area contributed by atoms with Crippen molar-refractivity contribution in [1.29, 1.82) is 0 Å². The van der Waals surface area contributed by atoms with E-state index in [9.17, 15) is 14.9 Å². The Balaban J connectivity index is 2.23. The highest BCUT2D eigenvalue weighted by Crippen LogP contribution is 2.22. The second kappa shape index (κ2) is 5.69. The molecule has 0 unspecified atom stereocenters. The van der Waals surface area contributed by atoms with Gasteiger partial charge in [-0.05, 0) is 25.3 Å². The maximum absolute atomic E-state index is 12.4. The molecular weight excluding hydrogens is 312 g/mol. The number of benzene rings is 1. The molecule has 1 amide bonds. The third kappa shape index (κ3) is 3.12. The van der Waals surface area contributed by atoms with Crippen LogP contribution in [0.15, 0.2) is 18.2 Å². The summed E-state index contributed by atoms with van der Waals surface area (Å²) in [4.78, 5) is 24.9. The average Bonchev–Trinajstić information content (AvgIpc) is 2.39. The second-order valence-electron chi connectivity index (χ2n) is 4.72. The van der Waals surface area contributed by atoms with Crippen LogP contribution in [0.5, 0.6) is 0 Å². The van der Waals surface area contributed by atoms with Crippen molar-refractivity contribution in [2.45, 2.75) is 24.6 Å². The first kappa shape index (κ1) is 14.0. The van der Waals surface area contributed by atoms with E-state index in [2.05, 4.69) is 15.9 Å². The summed E-state index contributed by atoms with van der Waals surface area (Å²) in [6, 6.07) is 4.43. The molecule has 102 valence electrons. The normalized spacial score (nSPS) is 16.4. The first-order chi connectivity index (χ1) is 8.99. The molecule has 19 heavy (non-hydrogen) atoms. The third-order valence-electron chi connectivity index (χ3n) is 3.37. The predicted octanol–water partition coefficient (Wildman–Crippen LogP) is 2.90. The van der Waals surface area contributed by atoms with Gasteiger partial charge in [-0.2, -0.15) is 0 Å². The molecule has 6 heteroatoms. The first-order valence-electron chi connectivity index (χ1n) is 6.17. The highest BCUT2D eigenvalue weighted by Gasteiger charge is 2.24. The van der Waals surface area contributed by atoms with Gasteiger partial charge in [-0.1, -0.05) is 22.0 Å². The molecule has 1 fully saturated rings. The van der Waals surface area contributed by atoms with Crippen LogP contribution in [0.25, 0.3) is 0 Å². The first-order valence-corrected chi connectivity index (χ1v) is 7.09. The number of piperidine rings is 1. The number of non-ortho nitro benzene ring substituents is 1. The molecule has 0 atom stereocenters. The van der Waals surface area contributed by atoms with Gasteiger partial charge < -0.3 is 4.90 Å². The fourth-order valence-corrected chi connectivity index (χ4v) is 2.58. The zero-order valence-electron chi connectivity index (χ0n) is 10.6. The summed E-state index contributed by atoms with van der Waals surface area (Å²) in [5.41, 5.74) is 1.17. The Morgan fingerprint density at radius 1 is 1.42 bits per heavy atom. The molecule has 0 aromatic heterocycles. The van der Waals surface area contributed by atoms with Gasteiger partial charge in [0.05, 0.1) is 4.92 Å². The Morgan fingerprint density at radius 2 is 2.05 bits per heavy atom. The summed E-state index contributed by atoms with van der Waals surface area (Å²) in [7, 11) is 0. The Morgan fingerprint density at radius 3 is 2.63 bits per heavy atom. The van der Waals surface area contributed by atoms with Crippen molar-refractivity contribution in [3.63, 3.8) is 0 Å². The van der Waals surface area contributed by atoms with E-state index in [1.54, 1.807) is 17.9 Å². The molecule has 1 saturated heterocycles. The van der Waals surface area contributed by atoms with Crippen LogP contribution in [0.3, 0.4) is 0 Å². The summed E-state index contributed by atoms with van der Waals surface area (Å²) in [6.07, 6.45) is 1.83. The molecule has 1 aromatic carbocycles. The van der Waals surface area contributed by atoms with Gasteiger partial charge >= 0.3 is 0 Å². The van der Waals surface area contributed by atoms with Gasteiger partial charge in [-0.3, -0.25) is 14.9 Å². The van der Waals surface area contributed by atoms with Crippen LogP contribution in [0.4, 0.5) is 5.69 Å². The second-order valence-corrected chi connectivity index (χ2v) is 6.02. The van der Waals surface area contributed by atoms with E-state index in [0.717, 1.165) is 18.4 Å². The lowest BCUT2D eigenvalue weighted by atomic mass is 10.0. The lowest BCUT2D eigenvalue weighted by molar-refractivity contribution is -0.384. The van der Waals surface area contributed by atoms with Crippen molar-refractivity contribution in [3.05, 3.63) is 39.4 Å². The Labute approximate surface area is 119 Å². The van der Waals surface area contributed by atoms with Crippen molar-refractivity contribution in [1.82, 2.24) is 4.90 Å². The molecule has 0 aliphatic carbocycles. The highest BCUT2D eigenvalue weighted by molar-refractivity contribution is 9.09. The zero-order chi connectivity index (χ0) is 14.0. The van der Waals surface area contributed by atoms with Crippen molar-refractivity contribution in [2.75, 3.05) is 13.1 Å². The van der Waals surface area contributed by atoms with Gasteiger partial charge in [0.25, 0.3) is 11.6 Å². The van der Waals surface area contributed by atoms with E-state index >= 15 is 0 Å². The van der Waals surface area contributed by atoms with Crippen LogP contribution in [0.1, 0.15) is 28.8 Å². The van der Waals surface area contributed by atoms with Crippen LogP contribution >= 0.6 is 15.9 Å². The average molecular weight is 327 g/mol. The molecule has 0 saturated carbocycles. The number of nitrogens with zero attached hydrogens (tertiary/aromatic N) is 2. The van der Waals surface area contributed by atoms with Crippen molar-refractivity contribution in [2.24, 2.45) is 0 Å². The van der Waals surface area contributed by atoms with Crippen molar-refractivity contribution in [3.8, 4) is 0 Å².